The molecule has 0 aliphatic rings. The number of nitrogens with one attached hydrogen (secondary N) is 6. The van der Waals surface area contributed by atoms with E-state index in [1.54, 1.807) is 0 Å². The monoisotopic (exact) mass is 1570 g/mol. The minimum atomic E-state index is -4.49. The Morgan fingerprint density at radius 1 is 0.317 bits per heavy atom. The quantitative estimate of drug-likeness (QED) is 0.0147. The zero-order chi connectivity index (χ0) is 75.3. The molecule has 0 unspecified atom stereocenters. The number of hydrogen-bond donors (Lipinski definition) is 10. The summed E-state index contributed by atoms with van der Waals surface area (Å²) >= 11 is 0. The molecular formula is C67H92N6O25S6. The van der Waals surface area contributed by atoms with E-state index in [2.05, 4.69) is 28.3 Å². The standard InChI is InChI=1S/C37H55N3O13S3.C29H33N3O12S3.CH4/c1-4-14-48-20-23-51-17-11-38-54(42,43)33-26-32(41)28-7-8-30-34(55(44,45)39-12-18-52-24-21-49-15-5-2)27-35(31-10-9-29(33)36(28)37(30)31)56(46,47)40-13-19-53-25-22-50-16-6-3;1-17(33)5-2-12-30-46(41,42)24-16-25(47(43,44)32-14-4-7-27(37)38)21-11-10-19-23(45(39,40)31-13-3-6-26(35)36)15-22(34)18-8-9-20(24)29(21)28(18)19;/h7-10,26-27,38-41H,4-6,11-25H2,1-3H3;8-11,15-16,30-32,34H,2-7,12-14H2,1H3,(H,35,36)(H,37,38);1H4. The Morgan fingerprint density at radius 3 is 0.769 bits per heavy atom. The zero-order valence-electron chi connectivity index (χ0n) is 57.3. The number of carboxylic acid groups (broad SMARTS) is 2. The number of carbonyl (C=O) groups is 3. The summed E-state index contributed by atoms with van der Waals surface area (Å²) in [6.07, 6.45) is 2.14. The second-order valence-electron chi connectivity index (χ2n) is 23.5. The minimum absolute atomic E-state index is 0. The number of carbonyl (C=O) groups excluding carboxylic acids is 1. The van der Waals surface area contributed by atoms with Crippen LogP contribution < -0.4 is 28.3 Å². The SMILES string of the molecule is C.CC(=O)CCCNS(=O)(=O)c1cc(S(=O)(=O)NCCCC(=O)O)c2ccc3c(S(=O)(=O)NCCCC(=O)O)cc(O)c4ccc1c2c43.CCCOCCOCCNS(=O)(=O)c1cc(O)c2ccc3c(S(=O)(=O)NCCOCCOCCC)cc(S(=O)(=O)NCCOCCOCCC)c4ccc1c2c34. The maximum Gasteiger partial charge on any atom is 0.303 e. The molecule has 0 saturated carbocycles. The van der Waals surface area contributed by atoms with E-state index in [4.69, 9.17) is 38.6 Å². The zero-order valence-corrected chi connectivity index (χ0v) is 62.2. The number of ketones is 1. The van der Waals surface area contributed by atoms with Crippen LogP contribution in [0.2, 0.25) is 0 Å². The van der Waals surface area contributed by atoms with E-state index in [0.717, 1.165) is 43.5 Å². The number of benzene rings is 8. The van der Waals surface area contributed by atoms with Crippen LogP contribution in [0.1, 0.15) is 92.9 Å². The average molecular weight is 1570 g/mol. The van der Waals surface area contributed by atoms with Gasteiger partial charge >= 0.3 is 11.9 Å². The molecule has 0 aliphatic carbocycles. The van der Waals surface area contributed by atoms with Gasteiger partial charge in [-0.2, -0.15) is 0 Å². The third-order valence-corrected chi connectivity index (χ3v) is 24.8. The minimum Gasteiger partial charge on any atom is -0.507 e. The maximum atomic E-state index is 14.0. The molecule has 31 nitrogen and oxygen atoms in total. The number of rotatable bonds is 48. The van der Waals surface area contributed by atoms with E-state index < -0.39 is 98.3 Å². The lowest BCUT2D eigenvalue weighted by atomic mass is 9.94. The van der Waals surface area contributed by atoms with E-state index in [-0.39, 0.29) is 210 Å². The summed E-state index contributed by atoms with van der Waals surface area (Å²) in [5.74, 6) is -3.31. The van der Waals surface area contributed by atoms with Gasteiger partial charge in [-0.25, -0.2) is 78.8 Å². The summed E-state index contributed by atoms with van der Waals surface area (Å²) in [6.45, 7) is 10.1. The molecule has 0 radical (unpaired) electrons. The van der Waals surface area contributed by atoms with Crippen LogP contribution in [-0.4, -0.2) is 207 Å². The third-order valence-electron chi connectivity index (χ3n) is 15.8. The summed E-state index contributed by atoms with van der Waals surface area (Å²) < 4.78 is 212. The van der Waals surface area contributed by atoms with Crippen molar-refractivity contribution in [2.24, 2.45) is 0 Å². The lowest BCUT2D eigenvalue weighted by Crippen LogP contribution is -2.30. The average Bonchev–Trinajstić information content (AvgIpc) is 0.712. The first-order chi connectivity index (χ1) is 48.9. The van der Waals surface area contributed by atoms with Gasteiger partial charge in [0.2, 0.25) is 60.1 Å². The molecule has 0 spiro atoms. The van der Waals surface area contributed by atoms with Crippen LogP contribution in [0.3, 0.4) is 0 Å². The molecule has 0 aliphatic heterocycles. The molecule has 8 aromatic rings. The number of hydrogen-bond acceptors (Lipinski definition) is 23. The van der Waals surface area contributed by atoms with Crippen LogP contribution in [0.4, 0.5) is 0 Å². The predicted molar refractivity (Wildman–Crippen MR) is 391 cm³/mol. The van der Waals surface area contributed by atoms with Crippen molar-refractivity contribution in [2.45, 2.75) is 122 Å². The highest BCUT2D eigenvalue weighted by molar-refractivity contribution is 7.91. The number of phenolic OH excluding ortho intramolecular Hbond substituents is 2. The van der Waals surface area contributed by atoms with Crippen LogP contribution in [0.25, 0.3) is 64.6 Å². The largest absolute Gasteiger partial charge is 0.507 e. The fourth-order valence-electron chi connectivity index (χ4n) is 11.1. The molecule has 0 fully saturated rings. The third kappa shape index (κ3) is 22.4. The van der Waals surface area contributed by atoms with Gasteiger partial charge < -0.3 is 53.6 Å². The summed E-state index contributed by atoms with van der Waals surface area (Å²) in [5.41, 5.74) is 0. The van der Waals surface area contributed by atoms with Gasteiger partial charge in [-0.15, -0.1) is 0 Å². The lowest BCUT2D eigenvalue weighted by Gasteiger charge is -2.20. The van der Waals surface area contributed by atoms with Gasteiger partial charge in [0.1, 0.15) is 17.3 Å². The van der Waals surface area contributed by atoms with Gasteiger partial charge in [-0.05, 0) is 69.7 Å². The molecule has 104 heavy (non-hydrogen) atoms. The molecule has 37 heteroatoms. The summed E-state index contributed by atoms with van der Waals surface area (Å²) in [7, 11) is -26.4. The number of phenols is 2. The summed E-state index contributed by atoms with van der Waals surface area (Å²) in [6, 6.07) is 15.4. The molecule has 8 rings (SSSR count). The highest BCUT2D eigenvalue weighted by Crippen LogP contribution is 2.47. The van der Waals surface area contributed by atoms with Gasteiger partial charge in [-0.3, -0.25) is 9.59 Å². The van der Waals surface area contributed by atoms with Crippen LogP contribution in [0.5, 0.6) is 11.5 Å². The number of aromatic hydroxyl groups is 2. The van der Waals surface area contributed by atoms with E-state index in [1.165, 1.54) is 55.5 Å². The van der Waals surface area contributed by atoms with Crippen molar-refractivity contribution in [1.29, 1.82) is 0 Å². The number of aliphatic carboxylic acids is 2. The fourth-order valence-corrected chi connectivity index (χ4v) is 18.9. The highest BCUT2D eigenvalue weighted by Gasteiger charge is 2.33. The molecule has 8 aromatic carbocycles. The van der Waals surface area contributed by atoms with Crippen molar-refractivity contribution in [2.75, 3.05) is 119 Å². The van der Waals surface area contributed by atoms with Gasteiger partial charge in [0.25, 0.3) is 0 Å². The lowest BCUT2D eigenvalue weighted by molar-refractivity contribution is -0.138. The first-order valence-electron chi connectivity index (χ1n) is 33.2. The molecule has 0 atom stereocenters. The van der Waals surface area contributed by atoms with Crippen molar-refractivity contribution >= 4 is 142 Å². The predicted octanol–water partition coefficient (Wildman–Crippen LogP) is 6.31. The Hall–Kier alpha value is -6.73. The molecule has 0 saturated heterocycles. The van der Waals surface area contributed by atoms with Crippen molar-refractivity contribution in [3.05, 3.63) is 72.8 Å². The fraction of sp³-hybridized carbons (Fsp3) is 0.478. The molecule has 0 heterocycles. The van der Waals surface area contributed by atoms with Gasteiger partial charge in [0, 0.05) is 155 Å². The van der Waals surface area contributed by atoms with E-state index >= 15 is 0 Å². The molecule has 0 amide bonds. The first-order valence-corrected chi connectivity index (χ1v) is 42.1. The number of sulfonamides is 6. The Labute approximate surface area is 606 Å². The maximum absolute atomic E-state index is 14.0. The van der Waals surface area contributed by atoms with Gasteiger partial charge in [-0.1, -0.05) is 64.6 Å². The Bertz CT molecular complexity index is 4850. The van der Waals surface area contributed by atoms with Crippen LogP contribution in [0, 0.1) is 0 Å². The first kappa shape index (κ1) is 86.2. The number of ether oxygens (including phenoxy) is 6. The van der Waals surface area contributed by atoms with E-state index in [9.17, 15) is 75.1 Å². The second-order valence-corrected chi connectivity index (χ2v) is 33.9. The second kappa shape index (κ2) is 39.2. The molecule has 10 N–H and O–H groups in total. The topological polar surface area (TPSA) is 465 Å². The molecule has 576 valence electrons. The van der Waals surface area contributed by atoms with Crippen molar-refractivity contribution < 1.29 is 114 Å². The van der Waals surface area contributed by atoms with Crippen LogP contribution >= 0.6 is 0 Å². The van der Waals surface area contributed by atoms with Crippen LogP contribution in [-0.2, 0) is 103 Å². The Kier molecular flexibility index (Phi) is 32.5. The van der Waals surface area contributed by atoms with Crippen molar-refractivity contribution in [1.82, 2.24) is 28.3 Å². The van der Waals surface area contributed by atoms with Gasteiger partial charge in [0.05, 0.1) is 88.8 Å². The van der Waals surface area contributed by atoms with Crippen molar-refractivity contribution in [3.8, 4) is 11.5 Å². The normalized spacial score (nSPS) is 12.7. The van der Waals surface area contributed by atoms with Crippen LogP contribution in [0.15, 0.2) is 102 Å². The van der Waals surface area contributed by atoms with Gasteiger partial charge in [0.15, 0.2) is 0 Å². The Morgan fingerprint density at radius 2 is 0.529 bits per heavy atom. The molecular weight excluding hydrogens is 1480 g/mol. The molecule has 0 bridgehead atoms. The highest BCUT2D eigenvalue weighted by atomic mass is 32.2. The summed E-state index contributed by atoms with van der Waals surface area (Å²) in [4.78, 5) is 30.8. The smallest absolute Gasteiger partial charge is 0.303 e. The number of Topliss-reactive ketones (excluding diaryl/α,β-unsaturated/α-hetero) is 1. The molecule has 0 aromatic heterocycles. The Balaban J connectivity index is 0.000000328. The van der Waals surface area contributed by atoms with E-state index in [1.807, 2.05) is 20.8 Å². The van der Waals surface area contributed by atoms with E-state index in [0.29, 0.717) is 39.6 Å². The summed E-state index contributed by atoms with van der Waals surface area (Å²) in [5, 5.41) is 41.1. The number of carboxylic acids is 2. The van der Waals surface area contributed by atoms with Crippen molar-refractivity contribution in [3.63, 3.8) is 0 Å².